The molecule has 0 aliphatic heterocycles. The summed E-state index contributed by atoms with van der Waals surface area (Å²) in [5, 5.41) is 5.92. The van der Waals surface area contributed by atoms with E-state index in [0.29, 0.717) is 5.69 Å². The Morgan fingerprint density at radius 1 is 1.21 bits per heavy atom. The summed E-state index contributed by atoms with van der Waals surface area (Å²) in [5.41, 5.74) is 1.69. The van der Waals surface area contributed by atoms with Crippen molar-refractivity contribution in [2.24, 2.45) is 0 Å². The lowest BCUT2D eigenvalue weighted by Crippen LogP contribution is -2.19. The van der Waals surface area contributed by atoms with Gasteiger partial charge in [-0.25, -0.2) is 0 Å². The number of benzene rings is 1. The molecule has 5 nitrogen and oxygen atoms in total. The van der Waals surface area contributed by atoms with Crippen molar-refractivity contribution in [2.45, 2.75) is 13.5 Å². The molecule has 6 heteroatoms. The third-order valence-corrected chi connectivity index (χ3v) is 2.46. The van der Waals surface area contributed by atoms with Crippen molar-refractivity contribution < 1.29 is 14.3 Å². The Labute approximate surface area is 115 Å². The van der Waals surface area contributed by atoms with E-state index in [2.05, 4.69) is 10.6 Å². The van der Waals surface area contributed by atoms with Crippen LogP contribution in [0.15, 0.2) is 24.3 Å². The summed E-state index contributed by atoms with van der Waals surface area (Å²) in [6.07, 6.45) is 0. The van der Waals surface area contributed by atoms with E-state index in [1.54, 1.807) is 0 Å². The van der Waals surface area contributed by atoms with Gasteiger partial charge in [0.2, 0.25) is 5.91 Å². The van der Waals surface area contributed by atoms with Crippen molar-refractivity contribution in [3.05, 3.63) is 29.8 Å². The van der Waals surface area contributed by atoms with Gasteiger partial charge in [0.05, 0.1) is 0 Å². The summed E-state index contributed by atoms with van der Waals surface area (Å²) in [7, 11) is 2.00. The molecule has 1 amide bonds. The van der Waals surface area contributed by atoms with Gasteiger partial charge in [0.25, 0.3) is 0 Å². The first-order chi connectivity index (χ1) is 9.11. The number of rotatable bonds is 8. The summed E-state index contributed by atoms with van der Waals surface area (Å²) in [6, 6.07) is 7.58. The lowest BCUT2D eigenvalue weighted by Gasteiger charge is -2.07. The van der Waals surface area contributed by atoms with Crippen LogP contribution in [-0.2, 0) is 20.9 Å². The Morgan fingerprint density at radius 3 is 2.47 bits per heavy atom. The van der Waals surface area contributed by atoms with Gasteiger partial charge in [-0.05, 0) is 24.2 Å². The lowest BCUT2D eigenvalue weighted by molar-refractivity contribution is -0.123. The zero-order valence-corrected chi connectivity index (χ0v) is 12.1. The average molecular weight is 282 g/mol. The molecule has 0 aliphatic rings. The van der Waals surface area contributed by atoms with Crippen LogP contribution in [0.2, 0.25) is 0 Å². The molecule has 0 fully saturated rings. The van der Waals surface area contributed by atoms with E-state index in [9.17, 15) is 9.59 Å². The van der Waals surface area contributed by atoms with E-state index < -0.39 is 0 Å². The first-order valence-electron chi connectivity index (χ1n) is 6.07. The van der Waals surface area contributed by atoms with E-state index >= 15 is 0 Å². The fraction of sp³-hybridized carbons (Fsp3) is 0.385. The predicted molar refractivity (Wildman–Crippen MR) is 78.0 cm³/mol. The topological polar surface area (TPSA) is 67.4 Å². The minimum Gasteiger partial charge on any atom is -0.363 e. The van der Waals surface area contributed by atoms with Gasteiger partial charge in [0, 0.05) is 12.2 Å². The third kappa shape index (κ3) is 7.01. The van der Waals surface area contributed by atoms with Crippen LogP contribution in [-0.4, -0.2) is 31.2 Å². The van der Waals surface area contributed by atoms with Gasteiger partial charge in [0.15, 0.2) is 5.52 Å². The predicted octanol–water partition coefficient (Wildman–Crippen LogP) is 1.15. The van der Waals surface area contributed by atoms with E-state index in [0.717, 1.165) is 18.7 Å². The van der Waals surface area contributed by atoms with Gasteiger partial charge in [-0.15, -0.1) is 0 Å². The summed E-state index contributed by atoms with van der Waals surface area (Å²) in [6.45, 7) is 3.58. The smallest absolute Gasteiger partial charge is 0.250 e. The van der Waals surface area contributed by atoms with Crippen LogP contribution in [0.3, 0.4) is 0 Å². The normalized spacial score (nSPS) is 10.2. The highest BCUT2D eigenvalue weighted by Gasteiger charge is 2.03. The molecule has 0 heterocycles. The number of amides is 1. The Balaban J connectivity index is 2.35. The summed E-state index contributed by atoms with van der Waals surface area (Å²) in [4.78, 5) is 22.1. The molecule has 1 aromatic rings. The molecule has 0 bridgehead atoms. The summed E-state index contributed by atoms with van der Waals surface area (Å²) in [5.74, 6) is -0.273. The second kappa shape index (κ2) is 8.75. The van der Waals surface area contributed by atoms with Gasteiger partial charge in [-0.2, -0.15) is 0 Å². The van der Waals surface area contributed by atoms with Gasteiger partial charge in [-0.3, -0.25) is 9.59 Å². The van der Waals surface area contributed by atoms with Crippen molar-refractivity contribution in [1.82, 2.24) is 5.32 Å². The van der Waals surface area contributed by atoms with Gasteiger partial charge in [0.1, 0.15) is 13.2 Å². The van der Waals surface area contributed by atoms with Crippen LogP contribution >= 0.6 is 9.24 Å². The molecule has 19 heavy (non-hydrogen) atoms. The molecule has 0 spiro atoms. The summed E-state index contributed by atoms with van der Waals surface area (Å²) < 4.78 is 4.91. The Kier molecular flexibility index (Phi) is 7.26. The van der Waals surface area contributed by atoms with Crippen LogP contribution in [0.4, 0.5) is 5.69 Å². The average Bonchev–Trinajstić information content (AvgIpc) is 2.37. The summed E-state index contributed by atoms with van der Waals surface area (Å²) >= 11 is 0. The zero-order valence-electron chi connectivity index (χ0n) is 10.9. The highest BCUT2D eigenvalue weighted by Crippen LogP contribution is 2.09. The van der Waals surface area contributed by atoms with E-state index in [4.69, 9.17) is 4.74 Å². The number of carbonyl (C=O) groups excluding carboxylic acids is 2. The van der Waals surface area contributed by atoms with Crippen molar-refractivity contribution in [3.63, 3.8) is 0 Å². The van der Waals surface area contributed by atoms with Crippen molar-refractivity contribution in [2.75, 3.05) is 25.1 Å². The minimum atomic E-state index is -0.273. The van der Waals surface area contributed by atoms with E-state index in [-0.39, 0.29) is 24.6 Å². The molecule has 104 valence electrons. The molecule has 2 N–H and O–H groups in total. The molecule has 0 aromatic heterocycles. The molecule has 1 aromatic carbocycles. The van der Waals surface area contributed by atoms with Crippen molar-refractivity contribution in [1.29, 1.82) is 0 Å². The molecule has 1 unspecified atom stereocenters. The number of carbonyl (C=O) groups is 2. The van der Waals surface area contributed by atoms with Crippen LogP contribution in [0.1, 0.15) is 12.5 Å². The number of hydrogen-bond acceptors (Lipinski definition) is 4. The molecule has 1 rings (SSSR count). The van der Waals surface area contributed by atoms with E-state index in [1.807, 2.05) is 40.4 Å². The van der Waals surface area contributed by atoms with Crippen molar-refractivity contribution >= 4 is 26.4 Å². The highest BCUT2D eigenvalue weighted by molar-refractivity contribution is 7.40. The van der Waals surface area contributed by atoms with Crippen LogP contribution in [0.25, 0.3) is 0 Å². The second-order valence-electron chi connectivity index (χ2n) is 3.98. The van der Waals surface area contributed by atoms with Crippen LogP contribution in [0.5, 0.6) is 0 Å². The Hall–Kier alpha value is -1.29. The van der Waals surface area contributed by atoms with Crippen LogP contribution < -0.4 is 10.6 Å². The fourth-order valence-corrected chi connectivity index (χ4v) is 1.53. The van der Waals surface area contributed by atoms with Gasteiger partial charge < -0.3 is 15.4 Å². The minimum absolute atomic E-state index is 0.0697. The number of anilines is 1. The number of ether oxygens (including phenoxy) is 1. The number of nitrogens with one attached hydrogen (secondary N) is 2. The first-order valence-corrected chi connectivity index (χ1v) is 6.65. The SMILES string of the molecule is CCNCc1ccc(NC(=O)COCC(=O)P)cc1. The largest absolute Gasteiger partial charge is 0.363 e. The number of hydrogen-bond donors (Lipinski definition) is 2. The molecule has 1 atom stereocenters. The van der Waals surface area contributed by atoms with Crippen molar-refractivity contribution in [3.8, 4) is 0 Å². The maximum atomic E-state index is 11.5. The second-order valence-corrected chi connectivity index (χ2v) is 4.63. The molecule has 0 saturated carbocycles. The molecular weight excluding hydrogens is 263 g/mol. The van der Waals surface area contributed by atoms with E-state index in [1.165, 1.54) is 0 Å². The van der Waals surface area contributed by atoms with Crippen LogP contribution in [0, 0.1) is 0 Å². The molecule has 0 saturated heterocycles. The Bertz CT molecular complexity index is 420. The van der Waals surface area contributed by atoms with Gasteiger partial charge in [-0.1, -0.05) is 28.3 Å². The maximum absolute atomic E-state index is 11.5. The zero-order chi connectivity index (χ0) is 14.1. The lowest BCUT2D eigenvalue weighted by atomic mass is 10.2. The maximum Gasteiger partial charge on any atom is 0.250 e. The Morgan fingerprint density at radius 2 is 1.89 bits per heavy atom. The third-order valence-electron chi connectivity index (χ3n) is 2.29. The quantitative estimate of drug-likeness (QED) is 0.702. The fourth-order valence-electron chi connectivity index (χ4n) is 1.42. The monoisotopic (exact) mass is 282 g/mol. The standard InChI is InChI=1S/C13H19N2O3P/c1-2-14-7-10-3-5-11(6-4-10)15-12(16)8-18-9-13(17)19/h3-6,14H,2,7-9,19H2,1H3,(H,15,16). The van der Waals surface area contributed by atoms with Gasteiger partial charge >= 0.3 is 0 Å². The molecule has 0 radical (unpaired) electrons. The molecular formula is C13H19N2O3P. The molecule has 0 aliphatic carbocycles. The highest BCUT2D eigenvalue weighted by atomic mass is 31.0. The first kappa shape index (κ1) is 15.8.